The van der Waals surface area contributed by atoms with Crippen LogP contribution in [0.3, 0.4) is 0 Å². The molecule has 2 N–H and O–H groups in total. The number of nitrogens with one attached hydrogen (secondary N) is 2. The highest BCUT2D eigenvalue weighted by Gasteiger charge is 2.30. The van der Waals surface area contributed by atoms with Crippen LogP contribution in [0.5, 0.6) is 5.75 Å². The molecule has 1 fully saturated rings. The van der Waals surface area contributed by atoms with Crippen molar-refractivity contribution in [3.05, 3.63) is 60.2 Å². The number of nitrogens with zero attached hydrogens (tertiary/aromatic N) is 1. The van der Waals surface area contributed by atoms with E-state index in [0.717, 1.165) is 17.0 Å². The first-order valence-corrected chi connectivity index (χ1v) is 8.66. The Morgan fingerprint density at radius 2 is 1.85 bits per heavy atom. The molecule has 0 bridgehead atoms. The molecule has 1 aliphatic heterocycles. The SMILES string of the molecule is COc1ccc(N2C[C@@H](CNC(=O)NCc3ccccc3)CC2=O)cc1. The van der Waals surface area contributed by atoms with Gasteiger partial charge in [-0.2, -0.15) is 0 Å². The maximum absolute atomic E-state index is 12.3. The molecule has 1 atom stereocenters. The van der Waals surface area contributed by atoms with Crippen LogP contribution in [0.4, 0.5) is 10.5 Å². The minimum atomic E-state index is -0.218. The predicted molar refractivity (Wildman–Crippen MR) is 100 cm³/mol. The number of hydrogen-bond donors (Lipinski definition) is 2. The largest absolute Gasteiger partial charge is 0.497 e. The lowest BCUT2D eigenvalue weighted by molar-refractivity contribution is -0.117. The van der Waals surface area contributed by atoms with E-state index in [1.165, 1.54) is 0 Å². The highest BCUT2D eigenvalue weighted by molar-refractivity contribution is 5.95. The van der Waals surface area contributed by atoms with Crippen LogP contribution in [0.1, 0.15) is 12.0 Å². The van der Waals surface area contributed by atoms with E-state index in [1.54, 1.807) is 12.0 Å². The Balaban J connectivity index is 1.45. The number of benzene rings is 2. The van der Waals surface area contributed by atoms with Gasteiger partial charge in [0.05, 0.1) is 7.11 Å². The lowest BCUT2D eigenvalue weighted by Crippen LogP contribution is -2.38. The number of methoxy groups -OCH3 is 1. The monoisotopic (exact) mass is 353 g/mol. The summed E-state index contributed by atoms with van der Waals surface area (Å²) in [5.41, 5.74) is 1.90. The van der Waals surface area contributed by atoms with E-state index in [9.17, 15) is 9.59 Å². The average Bonchev–Trinajstić information content (AvgIpc) is 3.06. The highest BCUT2D eigenvalue weighted by Crippen LogP contribution is 2.26. The molecule has 2 aromatic rings. The highest BCUT2D eigenvalue weighted by atomic mass is 16.5. The molecule has 0 aliphatic carbocycles. The van der Waals surface area contributed by atoms with E-state index in [2.05, 4.69) is 10.6 Å². The smallest absolute Gasteiger partial charge is 0.315 e. The quantitative estimate of drug-likeness (QED) is 0.838. The molecule has 1 aliphatic rings. The van der Waals surface area contributed by atoms with Crippen molar-refractivity contribution in [2.45, 2.75) is 13.0 Å². The number of anilines is 1. The zero-order chi connectivity index (χ0) is 18.4. The van der Waals surface area contributed by atoms with Crippen molar-refractivity contribution in [2.75, 3.05) is 25.1 Å². The maximum Gasteiger partial charge on any atom is 0.315 e. The van der Waals surface area contributed by atoms with Gasteiger partial charge >= 0.3 is 6.03 Å². The Labute approximate surface area is 153 Å². The van der Waals surface area contributed by atoms with E-state index >= 15 is 0 Å². The van der Waals surface area contributed by atoms with Crippen LogP contribution in [-0.2, 0) is 11.3 Å². The van der Waals surface area contributed by atoms with E-state index < -0.39 is 0 Å². The fourth-order valence-corrected chi connectivity index (χ4v) is 3.01. The Bertz CT molecular complexity index is 747. The molecule has 3 amide bonds. The van der Waals surface area contributed by atoms with Crippen LogP contribution >= 0.6 is 0 Å². The second-order valence-electron chi connectivity index (χ2n) is 6.32. The van der Waals surface area contributed by atoms with Crippen molar-refractivity contribution in [2.24, 2.45) is 5.92 Å². The fraction of sp³-hybridized carbons (Fsp3) is 0.300. The predicted octanol–water partition coefficient (Wildman–Crippen LogP) is 2.55. The molecule has 3 rings (SSSR count). The van der Waals surface area contributed by atoms with Gasteiger partial charge < -0.3 is 20.3 Å². The number of carbonyl (C=O) groups is 2. The Morgan fingerprint density at radius 3 is 2.54 bits per heavy atom. The molecule has 0 aromatic heterocycles. The molecular formula is C20H23N3O3. The van der Waals surface area contributed by atoms with Crippen LogP contribution < -0.4 is 20.3 Å². The van der Waals surface area contributed by atoms with E-state index in [1.807, 2.05) is 54.6 Å². The third-order valence-corrected chi connectivity index (χ3v) is 4.44. The maximum atomic E-state index is 12.3. The molecular weight excluding hydrogens is 330 g/mol. The van der Waals surface area contributed by atoms with Gasteiger partial charge in [-0.15, -0.1) is 0 Å². The van der Waals surface area contributed by atoms with Gasteiger partial charge in [0.25, 0.3) is 0 Å². The number of urea groups is 1. The normalized spacial score (nSPS) is 16.4. The Hall–Kier alpha value is -3.02. The van der Waals surface area contributed by atoms with Gasteiger partial charge in [-0.25, -0.2) is 4.79 Å². The van der Waals surface area contributed by atoms with Crippen molar-refractivity contribution >= 4 is 17.6 Å². The number of rotatable bonds is 6. The van der Waals surface area contributed by atoms with Gasteiger partial charge in [-0.1, -0.05) is 30.3 Å². The molecule has 6 heteroatoms. The summed E-state index contributed by atoms with van der Waals surface area (Å²) < 4.78 is 5.14. The van der Waals surface area contributed by atoms with Gasteiger partial charge in [-0.3, -0.25) is 4.79 Å². The first-order valence-electron chi connectivity index (χ1n) is 8.66. The Kier molecular flexibility index (Phi) is 5.73. The summed E-state index contributed by atoms with van der Waals surface area (Å²) in [6, 6.07) is 16.9. The van der Waals surface area contributed by atoms with Gasteiger partial charge in [0.2, 0.25) is 5.91 Å². The van der Waals surface area contributed by atoms with Crippen LogP contribution in [0.15, 0.2) is 54.6 Å². The van der Waals surface area contributed by atoms with Crippen LogP contribution in [0, 0.1) is 5.92 Å². The molecule has 1 heterocycles. The third kappa shape index (κ3) is 4.53. The number of carbonyl (C=O) groups excluding carboxylic acids is 2. The number of amides is 3. The Morgan fingerprint density at radius 1 is 1.12 bits per heavy atom. The summed E-state index contributed by atoms with van der Waals surface area (Å²) in [6.45, 7) is 1.55. The summed E-state index contributed by atoms with van der Waals surface area (Å²) in [7, 11) is 1.61. The van der Waals surface area contributed by atoms with Gasteiger partial charge in [0.1, 0.15) is 5.75 Å². The molecule has 2 aromatic carbocycles. The summed E-state index contributed by atoms with van der Waals surface area (Å²) >= 11 is 0. The van der Waals surface area contributed by atoms with E-state index in [4.69, 9.17) is 4.74 Å². The van der Waals surface area contributed by atoms with Crippen molar-refractivity contribution in [1.82, 2.24) is 10.6 Å². The zero-order valence-electron chi connectivity index (χ0n) is 14.8. The van der Waals surface area contributed by atoms with Crippen molar-refractivity contribution < 1.29 is 14.3 Å². The standard InChI is InChI=1S/C20H23N3O3/c1-26-18-9-7-17(8-10-18)23-14-16(11-19(23)24)13-22-20(25)21-12-15-5-3-2-4-6-15/h2-10,16H,11-14H2,1H3,(H2,21,22,25)/t16-/m1/s1. The zero-order valence-corrected chi connectivity index (χ0v) is 14.8. The van der Waals surface area contributed by atoms with Crippen LogP contribution in [-0.4, -0.2) is 32.1 Å². The number of hydrogen-bond acceptors (Lipinski definition) is 3. The topological polar surface area (TPSA) is 70.7 Å². The van der Waals surface area contributed by atoms with Crippen molar-refractivity contribution in [1.29, 1.82) is 0 Å². The molecule has 0 unspecified atom stereocenters. The molecule has 6 nitrogen and oxygen atoms in total. The minimum absolute atomic E-state index is 0.0756. The van der Waals surface area contributed by atoms with E-state index in [-0.39, 0.29) is 17.9 Å². The second kappa shape index (κ2) is 8.38. The van der Waals surface area contributed by atoms with Gasteiger partial charge in [0.15, 0.2) is 0 Å². The molecule has 136 valence electrons. The summed E-state index contributed by atoms with van der Waals surface area (Å²) in [4.78, 5) is 26.0. The first-order chi connectivity index (χ1) is 12.7. The second-order valence-corrected chi connectivity index (χ2v) is 6.32. The fourth-order valence-electron chi connectivity index (χ4n) is 3.01. The van der Waals surface area contributed by atoms with Crippen molar-refractivity contribution in [3.8, 4) is 5.75 Å². The number of ether oxygens (including phenoxy) is 1. The molecule has 0 radical (unpaired) electrons. The lowest BCUT2D eigenvalue weighted by Gasteiger charge is -2.17. The van der Waals surface area contributed by atoms with Gasteiger partial charge in [-0.05, 0) is 29.8 Å². The van der Waals surface area contributed by atoms with Crippen LogP contribution in [0.2, 0.25) is 0 Å². The molecule has 1 saturated heterocycles. The summed E-state index contributed by atoms with van der Waals surface area (Å²) in [5, 5.41) is 5.68. The molecule has 0 spiro atoms. The van der Waals surface area contributed by atoms with E-state index in [0.29, 0.717) is 26.1 Å². The van der Waals surface area contributed by atoms with Crippen LogP contribution in [0.25, 0.3) is 0 Å². The summed E-state index contributed by atoms with van der Waals surface area (Å²) in [5.74, 6) is 0.937. The summed E-state index contributed by atoms with van der Waals surface area (Å²) in [6.07, 6.45) is 0.436. The third-order valence-electron chi connectivity index (χ3n) is 4.44. The molecule has 0 saturated carbocycles. The average molecular weight is 353 g/mol. The van der Waals surface area contributed by atoms with Gasteiger partial charge in [0, 0.05) is 37.7 Å². The lowest BCUT2D eigenvalue weighted by atomic mass is 10.1. The van der Waals surface area contributed by atoms with Crippen molar-refractivity contribution in [3.63, 3.8) is 0 Å². The first kappa shape index (κ1) is 17.8. The molecule has 26 heavy (non-hydrogen) atoms. The minimum Gasteiger partial charge on any atom is -0.497 e.